The molecule has 0 saturated heterocycles. The van der Waals surface area contributed by atoms with Crippen LogP contribution in [0.5, 0.6) is 0 Å². The second-order valence-corrected chi connectivity index (χ2v) is 7.47. The molecule has 1 aliphatic rings. The van der Waals surface area contributed by atoms with Gasteiger partial charge in [-0.2, -0.15) is 0 Å². The number of hydrogen-bond acceptors (Lipinski definition) is 2. The lowest BCUT2D eigenvalue weighted by Gasteiger charge is -2.28. The van der Waals surface area contributed by atoms with E-state index >= 15 is 0 Å². The van der Waals surface area contributed by atoms with Crippen LogP contribution < -0.4 is 4.72 Å². The first-order valence-corrected chi connectivity index (χ1v) is 8.82. The Morgan fingerprint density at radius 3 is 2.41 bits per heavy atom. The van der Waals surface area contributed by atoms with E-state index in [0.717, 1.165) is 16.7 Å². The molecule has 2 aromatic carbocycles. The molecule has 0 spiro atoms. The highest BCUT2D eigenvalue weighted by Gasteiger charge is 2.28. The maximum atomic E-state index is 12.6. The van der Waals surface area contributed by atoms with Gasteiger partial charge in [-0.25, -0.2) is 13.1 Å². The van der Waals surface area contributed by atoms with Gasteiger partial charge in [-0.05, 0) is 36.1 Å². The van der Waals surface area contributed by atoms with Gasteiger partial charge in [0.05, 0.1) is 10.9 Å². The van der Waals surface area contributed by atoms with E-state index in [4.69, 9.17) is 0 Å². The van der Waals surface area contributed by atoms with Crippen LogP contribution in [-0.2, 0) is 10.0 Å². The maximum absolute atomic E-state index is 12.6. The summed E-state index contributed by atoms with van der Waals surface area (Å²) in [5.74, 6) is 0.107. The number of benzene rings is 2. The lowest BCUT2D eigenvalue weighted by atomic mass is 9.86. The second kappa shape index (κ2) is 5.71. The van der Waals surface area contributed by atoms with Crippen molar-refractivity contribution in [3.8, 4) is 0 Å². The molecule has 1 aliphatic carbocycles. The number of hydrogen-bond donors (Lipinski definition) is 1. The minimum Gasteiger partial charge on any atom is -0.207 e. The minimum atomic E-state index is -3.54. The van der Waals surface area contributed by atoms with E-state index < -0.39 is 10.0 Å². The molecule has 0 aliphatic heterocycles. The quantitative estimate of drug-likeness (QED) is 0.939. The molecular weight excluding hydrogens is 294 g/mol. The standard InChI is InChI=1S/C18H19NO2S/c1-13-7-11-16(12-8-13)22(20,21)19-18-14(2)9-10-15-5-3-4-6-17(15)18/h3-12,14,18-19H,1-2H3/t14-,18-/m0/s1. The van der Waals surface area contributed by atoms with Crippen LogP contribution in [0.1, 0.15) is 29.7 Å². The van der Waals surface area contributed by atoms with Crippen LogP contribution in [0.15, 0.2) is 59.5 Å². The third-order valence-corrected chi connectivity index (χ3v) is 5.51. The fourth-order valence-corrected chi connectivity index (χ4v) is 4.03. The van der Waals surface area contributed by atoms with Gasteiger partial charge in [-0.15, -0.1) is 0 Å². The summed E-state index contributed by atoms with van der Waals surface area (Å²) in [6, 6.07) is 14.6. The number of sulfonamides is 1. The fourth-order valence-electron chi connectivity index (χ4n) is 2.72. The molecule has 2 aromatic rings. The molecule has 3 nitrogen and oxygen atoms in total. The summed E-state index contributed by atoms with van der Waals surface area (Å²) in [5.41, 5.74) is 3.13. The Morgan fingerprint density at radius 2 is 1.68 bits per heavy atom. The normalized spacial score (nSPS) is 20.6. The summed E-state index contributed by atoms with van der Waals surface area (Å²) in [6.07, 6.45) is 4.10. The topological polar surface area (TPSA) is 46.2 Å². The van der Waals surface area contributed by atoms with Gasteiger partial charge in [0, 0.05) is 0 Å². The van der Waals surface area contributed by atoms with Gasteiger partial charge >= 0.3 is 0 Å². The monoisotopic (exact) mass is 313 g/mol. The van der Waals surface area contributed by atoms with Crippen molar-refractivity contribution in [2.45, 2.75) is 24.8 Å². The molecule has 3 rings (SSSR count). The molecule has 0 amide bonds. The molecule has 4 heteroatoms. The zero-order valence-electron chi connectivity index (χ0n) is 12.7. The van der Waals surface area contributed by atoms with Crippen LogP contribution in [0, 0.1) is 12.8 Å². The van der Waals surface area contributed by atoms with Crippen LogP contribution in [0.4, 0.5) is 0 Å². The average Bonchev–Trinajstić information content (AvgIpc) is 2.50. The summed E-state index contributed by atoms with van der Waals surface area (Å²) >= 11 is 0. The number of fused-ring (bicyclic) bond motifs is 1. The largest absolute Gasteiger partial charge is 0.241 e. The highest BCUT2D eigenvalue weighted by molar-refractivity contribution is 7.89. The summed E-state index contributed by atoms with van der Waals surface area (Å²) in [5, 5.41) is 0. The van der Waals surface area contributed by atoms with Gasteiger partial charge in [-0.3, -0.25) is 0 Å². The molecule has 0 heterocycles. The van der Waals surface area contributed by atoms with Crippen molar-refractivity contribution in [3.63, 3.8) is 0 Å². The van der Waals surface area contributed by atoms with Crippen LogP contribution in [0.2, 0.25) is 0 Å². The molecule has 114 valence electrons. The minimum absolute atomic E-state index is 0.107. The first-order chi connectivity index (χ1) is 10.5. The first-order valence-electron chi connectivity index (χ1n) is 7.33. The molecule has 0 unspecified atom stereocenters. The highest BCUT2D eigenvalue weighted by Crippen LogP contribution is 2.33. The van der Waals surface area contributed by atoms with Crippen molar-refractivity contribution in [1.82, 2.24) is 4.72 Å². The Kier molecular flexibility index (Phi) is 3.89. The van der Waals surface area contributed by atoms with Crippen molar-refractivity contribution >= 4 is 16.1 Å². The molecule has 22 heavy (non-hydrogen) atoms. The predicted molar refractivity (Wildman–Crippen MR) is 88.9 cm³/mol. The smallest absolute Gasteiger partial charge is 0.207 e. The number of rotatable bonds is 3. The third-order valence-electron chi connectivity index (χ3n) is 4.05. The lowest BCUT2D eigenvalue weighted by molar-refractivity contribution is 0.494. The van der Waals surface area contributed by atoms with Gasteiger partial charge in [0.25, 0.3) is 0 Å². The van der Waals surface area contributed by atoms with E-state index in [1.54, 1.807) is 12.1 Å². The molecular formula is C18H19NO2S. The SMILES string of the molecule is Cc1ccc(S(=O)(=O)N[C@@H]2c3ccccc3C=C[C@@H]2C)cc1. The Bertz CT molecular complexity index is 807. The van der Waals surface area contributed by atoms with Crippen molar-refractivity contribution in [2.24, 2.45) is 5.92 Å². The Balaban J connectivity index is 1.95. The molecule has 0 fully saturated rings. The Morgan fingerprint density at radius 1 is 1.00 bits per heavy atom. The van der Waals surface area contributed by atoms with E-state index in [2.05, 4.69) is 10.8 Å². The molecule has 1 N–H and O–H groups in total. The zero-order chi connectivity index (χ0) is 15.7. The molecule has 0 radical (unpaired) electrons. The van der Waals surface area contributed by atoms with Crippen LogP contribution in [0.3, 0.4) is 0 Å². The fraction of sp³-hybridized carbons (Fsp3) is 0.222. The zero-order valence-corrected chi connectivity index (χ0v) is 13.5. The maximum Gasteiger partial charge on any atom is 0.241 e. The summed E-state index contributed by atoms with van der Waals surface area (Å²) in [4.78, 5) is 0.303. The second-order valence-electron chi connectivity index (χ2n) is 5.76. The Labute approximate surface area is 131 Å². The molecule has 0 saturated carbocycles. The third kappa shape index (κ3) is 2.85. The summed E-state index contributed by atoms with van der Waals surface area (Å²) in [7, 11) is -3.54. The van der Waals surface area contributed by atoms with E-state index in [-0.39, 0.29) is 12.0 Å². The van der Waals surface area contributed by atoms with Gasteiger partial charge in [0.15, 0.2) is 0 Å². The van der Waals surface area contributed by atoms with E-state index in [1.807, 2.05) is 56.3 Å². The molecule has 0 aromatic heterocycles. The van der Waals surface area contributed by atoms with Gasteiger partial charge in [-0.1, -0.05) is 61.0 Å². The van der Waals surface area contributed by atoms with E-state index in [9.17, 15) is 8.42 Å². The van der Waals surface area contributed by atoms with E-state index in [0.29, 0.717) is 4.90 Å². The summed E-state index contributed by atoms with van der Waals surface area (Å²) < 4.78 is 28.1. The number of aryl methyl sites for hydroxylation is 1. The van der Waals surface area contributed by atoms with Crippen LogP contribution in [-0.4, -0.2) is 8.42 Å². The van der Waals surface area contributed by atoms with Crippen molar-refractivity contribution in [2.75, 3.05) is 0 Å². The van der Waals surface area contributed by atoms with Crippen molar-refractivity contribution in [3.05, 3.63) is 71.3 Å². The van der Waals surface area contributed by atoms with Crippen molar-refractivity contribution < 1.29 is 8.42 Å². The predicted octanol–water partition coefficient (Wildman–Crippen LogP) is 3.68. The van der Waals surface area contributed by atoms with Gasteiger partial charge in [0.1, 0.15) is 0 Å². The van der Waals surface area contributed by atoms with Gasteiger partial charge in [0.2, 0.25) is 10.0 Å². The van der Waals surface area contributed by atoms with Crippen LogP contribution in [0.25, 0.3) is 6.08 Å². The van der Waals surface area contributed by atoms with Gasteiger partial charge < -0.3 is 0 Å². The van der Waals surface area contributed by atoms with E-state index in [1.165, 1.54) is 0 Å². The summed E-state index contributed by atoms with van der Waals surface area (Å²) in [6.45, 7) is 3.96. The Hall–Kier alpha value is -1.91. The van der Waals surface area contributed by atoms with Crippen LogP contribution >= 0.6 is 0 Å². The first kappa shape index (κ1) is 15.0. The highest BCUT2D eigenvalue weighted by atomic mass is 32.2. The molecule has 0 bridgehead atoms. The average molecular weight is 313 g/mol. The van der Waals surface area contributed by atoms with Crippen molar-refractivity contribution in [1.29, 1.82) is 0 Å². The number of nitrogens with one attached hydrogen (secondary N) is 1. The lowest BCUT2D eigenvalue weighted by Crippen LogP contribution is -2.33. The molecule has 2 atom stereocenters.